The Balaban J connectivity index is 1.60. The number of sulfonamides is 1. The molecule has 1 aliphatic rings. The molecule has 0 amide bonds. The number of methoxy groups -OCH3 is 1. The van der Waals surface area contributed by atoms with Crippen LogP contribution in [0, 0.1) is 11.6 Å². The smallest absolute Gasteiger partial charge is 0.240 e. The van der Waals surface area contributed by atoms with Gasteiger partial charge in [-0.2, -0.15) is 0 Å². The number of anilines is 1. The van der Waals surface area contributed by atoms with Crippen molar-refractivity contribution in [2.45, 2.75) is 44.3 Å². The number of fused-ring (bicyclic) bond motifs is 3. The van der Waals surface area contributed by atoms with E-state index in [1.165, 1.54) is 43.3 Å². The summed E-state index contributed by atoms with van der Waals surface area (Å²) in [5.74, 6) is -1.22. The molecule has 0 spiro atoms. The van der Waals surface area contributed by atoms with Crippen LogP contribution in [0.1, 0.15) is 44.3 Å². The molecule has 0 saturated carbocycles. The largest absolute Gasteiger partial charge is 0.493 e. The highest BCUT2D eigenvalue weighted by Crippen LogP contribution is 2.42. The van der Waals surface area contributed by atoms with Gasteiger partial charge in [0.1, 0.15) is 35.6 Å². The number of halogens is 3. The Morgan fingerprint density at radius 2 is 1.86 bits per heavy atom. The van der Waals surface area contributed by atoms with E-state index in [0.29, 0.717) is 5.75 Å². The Kier molecular flexibility index (Phi) is 8.25. The van der Waals surface area contributed by atoms with Crippen LogP contribution in [0.3, 0.4) is 0 Å². The topological polar surface area (TPSA) is 143 Å². The average molecular weight is 622 g/mol. The van der Waals surface area contributed by atoms with E-state index in [4.69, 9.17) is 25.8 Å². The number of pyridine rings is 1. The highest BCUT2D eigenvalue weighted by atomic mass is 35.5. The fourth-order valence-corrected chi connectivity index (χ4v) is 5.66. The second-order valence-electron chi connectivity index (χ2n) is 9.62. The normalized spacial score (nSPS) is 16.1. The molecule has 16 heteroatoms. The summed E-state index contributed by atoms with van der Waals surface area (Å²) in [6.45, 7) is 4.70. The molecule has 12 nitrogen and oxygen atoms in total. The molecule has 1 N–H and O–H groups in total. The van der Waals surface area contributed by atoms with Gasteiger partial charge in [-0.05, 0) is 26.8 Å². The molecule has 1 aromatic carbocycles. The predicted octanol–water partition coefficient (Wildman–Crippen LogP) is 4.35. The van der Waals surface area contributed by atoms with E-state index in [-0.39, 0.29) is 52.3 Å². The number of benzene rings is 1. The summed E-state index contributed by atoms with van der Waals surface area (Å²) in [5.41, 5.74) is 0.189. The first-order valence-electron chi connectivity index (χ1n) is 12.7. The van der Waals surface area contributed by atoms with Crippen molar-refractivity contribution in [2.24, 2.45) is 0 Å². The van der Waals surface area contributed by atoms with Crippen molar-refractivity contribution in [3.8, 4) is 23.0 Å². The van der Waals surface area contributed by atoms with Crippen LogP contribution in [0.4, 0.5) is 14.7 Å². The highest BCUT2D eigenvalue weighted by molar-refractivity contribution is 7.93. The van der Waals surface area contributed by atoms with Crippen LogP contribution in [-0.2, 0) is 14.8 Å². The standard InChI is InChI=1S/C26H26ClF2N7O5S/c1-13(2)41-22(24-31-10-15(27)11-32-24)14(3)42(37,38)35-26-34-33-25-21-23(20(39-4)7-8-30-21)40-12-19(36(25)26)17-6-5-16(28)9-18(17)29/h5-11,13-14,19,22H,12H2,1-4H3,(H,34,35)/t14-,19+,22+/m0/s1. The first-order valence-corrected chi connectivity index (χ1v) is 14.6. The third-order valence-corrected chi connectivity index (χ3v) is 8.37. The zero-order valence-corrected chi connectivity index (χ0v) is 24.4. The van der Waals surface area contributed by atoms with Crippen LogP contribution in [0.15, 0.2) is 42.9 Å². The van der Waals surface area contributed by atoms with Crippen molar-refractivity contribution < 1.29 is 31.4 Å². The van der Waals surface area contributed by atoms with Gasteiger partial charge < -0.3 is 14.2 Å². The number of rotatable bonds is 9. The highest BCUT2D eigenvalue weighted by Gasteiger charge is 2.38. The van der Waals surface area contributed by atoms with Gasteiger partial charge in [0, 0.05) is 36.3 Å². The molecule has 0 aliphatic carbocycles. The van der Waals surface area contributed by atoms with Crippen LogP contribution in [0.2, 0.25) is 5.02 Å². The Morgan fingerprint density at radius 3 is 2.52 bits per heavy atom. The zero-order valence-electron chi connectivity index (χ0n) is 22.8. The van der Waals surface area contributed by atoms with E-state index < -0.39 is 39.1 Å². The van der Waals surface area contributed by atoms with Gasteiger partial charge in [0.2, 0.25) is 16.0 Å². The van der Waals surface area contributed by atoms with Gasteiger partial charge in [0.05, 0.1) is 18.2 Å². The monoisotopic (exact) mass is 621 g/mol. The lowest BCUT2D eigenvalue weighted by Crippen LogP contribution is -2.35. The molecular formula is C26H26ClF2N7O5S. The molecule has 0 fully saturated rings. The van der Waals surface area contributed by atoms with Crippen molar-refractivity contribution in [3.63, 3.8) is 0 Å². The van der Waals surface area contributed by atoms with Gasteiger partial charge in [-0.25, -0.2) is 32.2 Å². The fraction of sp³-hybridized carbons (Fsp3) is 0.346. The summed E-state index contributed by atoms with van der Waals surface area (Å²) in [7, 11) is -2.86. The Bertz CT molecular complexity index is 1710. The predicted molar refractivity (Wildman–Crippen MR) is 148 cm³/mol. The van der Waals surface area contributed by atoms with Crippen LogP contribution in [0.5, 0.6) is 11.5 Å². The van der Waals surface area contributed by atoms with E-state index in [2.05, 4.69) is 29.9 Å². The van der Waals surface area contributed by atoms with Crippen molar-refractivity contribution in [1.82, 2.24) is 29.7 Å². The van der Waals surface area contributed by atoms with Gasteiger partial charge >= 0.3 is 0 Å². The number of hydrogen-bond donors (Lipinski definition) is 1. The SMILES string of the molecule is COc1ccnc2c1OC[C@H](c1ccc(F)cc1F)n1c(NS(=O)(=O)[C@@H](C)[C@@H](OC(C)C)c3ncc(Cl)cn3)nnc1-2. The molecule has 0 radical (unpaired) electrons. The minimum absolute atomic E-state index is 0.00769. The molecule has 3 atom stereocenters. The summed E-state index contributed by atoms with van der Waals surface area (Å²) in [4.78, 5) is 12.6. The molecule has 222 valence electrons. The van der Waals surface area contributed by atoms with E-state index in [0.717, 1.165) is 12.1 Å². The molecule has 5 rings (SSSR count). The van der Waals surface area contributed by atoms with Crippen LogP contribution in [-0.4, -0.2) is 63.2 Å². The second kappa shape index (κ2) is 11.7. The third kappa shape index (κ3) is 5.71. The summed E-state index contributed by atoms with van der Waals surface area (Å²) in [6.07, 6.45) is 2.66. The molecule has 0 bridgehead atoms. The molecule has 1 aliphatic heterocycles. The van der Waals surface area contributed by atoms with Gasteiger partial charge in [-0.3, -0.25) is 9.29 Å². The molecule has 4 aromatic rings. The molecule has 4 heterocycles. The lowest BCUT2D eigenvalue weighted by atomic mass is 10.1. The maximum atomic E-state index is 15.1. The van der Waals surface area contributed by atoms with Gasteiger partial charge in [-0.1, -0.05) is 17.7 Å². The Morgan fingerprint density at radius 1 is 1.12 bits per heavy atom. The van der Waals surface area contributed by atoms with E-state index in [9.17, 15) is 12.8 Å². The van der Waals surface area contributed by atoms with Crippen molar-refractivity contribution in [3.05, 3.63) is 70.9 Å². The number of ether oxygens (including phenoxy) is 3. The molecule has 0 saturated heterocycles. The summed E-state index contributed by atoms with van der Waals surface area (Å²) in [6, 6.07) is 3.59. The van der Waals surface area contributed by atoms with Gasteiger partial charge in [0.25, 0.3) is 0 Å². The van der Waals surface area contributed by atoms with Crippen molar-refractivity contribution in [2.75, 3.05) is 18.4 Å². The number of aromatic nitrogens is 6. The zero-order chi connectivity index (χ0) is 30.2. The van der Waals surface area contributed by atoms with Gasteiger partial charge in [-0.15, -0.1) is 10.2 Å². The number of nitrogens with zero attached hydrogens (tertiary/aromatic N) is 6. The summed E-state index contributed by atoms with van der Waals surface area (Å²) < 4.78 is 77.6. The molecule has 0 unspecified atom stereocenters. The first kappa shape index (κ1) is 29.5. The maximum Gasteiger partial charge on any atom is 0.240 e. The number of nitrogens with one attached hydrogen (secondary N) is 1. The lowest BCUT2D eigenvalue weighted by molar-refractivity contribution is 0.00154. The molecule has 42 heavy (non-hydrogen) atoms. The minimum atomic E-state index is -4.30. The average Bonchev–Trinajstić information content (AvgIpc) is 3.26. The van der Waals surface area contributed by atoms with Crippen LogP contribution < -0.4 is 14.2 Å². The quantitative estimate of drug-likeness (QED) is 0.286. The number of hydrogen-bond acceptors (Lipinski definition) is 10. The third-order valence-electron chi connectivity index (χ3n) is 6.48. The maximum absolute atomic E-state index is 15.1. The van der Waals surface area contributed by atoms with E-state index >= 15 is 4.39 Å². The summed E-state index contributed by atoms with van der Waals surface area (Å²) >= 11 is 5.92. The second-order valence-corrected chi connectivity index (χ2v) is 12.1. The minimum Gasteiger partial charge on any atom is -0.493 e. The first-order chi connectivity index (χ1) is 20.0. The molecular weight excluding hydrogens is 596 g/mol. The lowest BCUT2D eigenvalue weighted by Gasteiger charge is -2.26. The Hall–Kier alpha value is -3.95. The van der Waals surface area contributed by atoms with E-state index in [1.54, 1.807) is 19.9 Å². The molecule has 3 aromatic heterocycles. The van der Waals surface area contributed by atoms with Gasteiger partial charge in [0.15, 0.2) is 28.8 Å². The van der Waals surface area contributed by atoms with Crippen molar-refractivity contribution in [1.29, 1.82) is 0 Å². The summed E-state index contributed by atoms with van der Waals surface area (Å²) in [5, 5.41) is 7.30. The Labute approximate surface area is 245 Å². The van der Waals surface area contributed by atoms with Crippen molar-refractivity contribution >= 4 is 27.6 Å². The fourth-order valence-electron chi connectivity index (χ4n) is 4.47. The van der Waals surface area contributed by atoms with E-state index in [1.807, 2.05) is 0 Å². The van der Waals surface area contributed by atoms with Crippen LogP contribution in [0.25, 0.3) is 11.5 Å². The van der Waals surface area contributed by atoms with Crippen LogP contribution >= 0.6 is 11.6 Å².